The number of amides is 1. The van der Waals surface area contributed by atoms with Crippen LogP contribution in [0.1, 0.15) is 74.3 Å². The van der Waals surface area contributed by atoms with Crippen LogP contribution in [-0.2, 0) is 0 Å². The van der Waals surface area contributed by atoms with E-state index in [0.717, 1.165) is 17.7 Å². The third-order valence-corrected chi connectivity index (χ3v) is 5.64. The third kappa shape index (κ3) is 8.34. The van der Waals surface area contributed by atoms with Crippen LogP contribution >= 0.6 is 11.6 Å². The number of nitrogens with one attached hydrogen (secondary N) is 1. The highest BCUT2D eigenvalue weighted by Crippen LogP contribution is 2.24. The van der Waals surface area contributed by atoms with Crippen molar-refractivity contribution in [2.45, 2.75) is 58.3 Å². The van der Waals surface area contributed by atoms with E-state index in [2.05, 4.69) is 22.4 Å². The smallest absolute Gasteiger partial charge is 0.271 e. The van der Waals surface area contributed by atoms with Gasteiger partial charge in [0.25, 0.3) is 5.91 Å². The van der Waals surface area contributed by atoms with Crippen LogP contribution in [0.2, 0.25) is 5.22 Å². The molecule has 1 aromatic heterocycles. The summed E-state index contributed by atoms with van der Waals surface area (Å²) >= 11 is 6.09. The maximum Gasteiger partial charge on any atom is 0.271 e. The van der Waals surface area contributed by atoms with Crippen LogP contribution in [0.4, 0.5) is 0 Å². The third-order valence-electron chi connectivity index (χ3n) is 5.37. The SMILES string of the molecule is CCCCCCCCCCOc1ccc(C(=O)N/N=C\c2nc(-c3ccccc3)oc2Cl)cc1. The average Bonchev–Trinajstić information content (AvgIpc) is 3.24. The van der Waals surface area contributed by atoms with Gasteiger partial charge in [0.2, 0.25) is 11.1 Å². The minimum absolute atomic E-state index is 0.106. The van der Waals surface area contributed by atoms with Gasteiger partial charge < -0.3 is 9.15 Å². The number of hydrazone groups is 1. The molecule has 0 bridgehead atoms. The van der Waals surface area contributed by atoms with Gasteiger partial charge in [0, 0.05) is 11.1 Å². The molecule has 180 valence electrons. The van der Waals surface area contributed by atoms with Gasteiger partial charge in [0.15, 0.2) is 0 Å². The Labute approximate surface area is 206 Å². The summed E-state index contributed by atoms with van der Waals surface area (Å²) in [5.74, 6) is 0.806. The van der Waals surface area contributed by atoms with Crippen molar-refractivity contribution < 1.29 is 13.9 Å². The fourth-order valence-corrected chi connectivity index (χ4v) is 3.61. The van der Waals surface area contributed by atoms with Crippen molar-refractivity contribution >= 4 is 23.7 Å². The van der Waals surface area contributed by atoms with Crippen LogP contribution in [-0.4, -0.2) is 23.7 Å². The molecule has 0 aliphatic carbocycles. The molecule has 0 fully saturated rings. The maximum atomic E-state index is 12.3. The fourth-order valence-electron chi connectivity index (χ4n) is 3.44. The Hall–Kier alpha value is -3.12. The first kappa shape index (κ1) is 25.5. The second-order valence-electron chi connectivity index (χ2n) is 8.09. The summed E-state index contributed by atoms with van der Waals surface area (Å²) in [4.78, 5) is 16.7. The van der Waals surface area contributed by atoms with Crippen molar-refractivity contribution in [1.29, 1.82) is 0 Å². The molecule has 0 aliphatic rings. The lowest BCUT2D eigenvalue weighted by Gasteiger charge is -2.07. The molecule has 3 aromatic rings. The van der Waals surface area contributed by atoms with Crippen LogP contribution in [0, 0.1) is 0 Å². The molecule has 0 atom stereocenters. The van der Waals surface area contributed by atoms with Crippen molar-refractivity contribution in [1.82, 2.24) is 10.4 Å². The Kier molecular flexibility index (Phi) is 10.7. The van der Waals surface area contributed by atoms with Gasteiger partial charge in [-0.25, -0.2) is 10.4 Å². The second-order valence-corrected chi connectivity index (χ2v) is 8.43. The fraction of sp³-hybridized carbons (Fsp3) is 0.370. The zero-order valence-corrected chi connectivity index (χ0v) is 20.4. The van der Waals surface area contributed by atoms with Crippen LogP contribution < -0.4 is 10.2 Å². The van der Waals surface area contributed by atoms with E-state index in [9.17, 15) is 4.79 Å². The number of halogens is 1. The summed E-state index contributed by atoms with van der Waals surface area (Å²) < 4.78 is 11.2. The quantitative estimate of drug-likeness (QED) is 0.149. The zero-order valence-electron chi connectivity index (χ0n) is 19.6. The van der Waals surface area contributed by atoms with Gasteiger partial charge in [-0.15, -0.1) is 0 Å². The number of hydrogen-bond acceptors (Lipinski definition) is 5. The topological polar surface area (TPSA) is 76.7 Å². The molecule has 1 amide bonds. The summed E-state index contributed by atoms with van der Waals surface area (Å²) in [5.41, 5.74) is 4.10. The summed E-state index contributed by atoms with van der Waals surface area (Å²) in [6.45, 7) is 2.93. The van der Waals surface area contributed by atoms with E-state index in [1.807, 2.05) is 30.3 Å². The molecule has 7 heteroatoms. The van der Waals surface area contributed by atoms with E-state index in [-0.39, 0.29) is 11.1 Å². The van der Waals surface area contributed by atoms with Gasteiger partial charge >= 0.3 is 0 Å². The Morgan fingerprint density at radius 2 is 1.68 bits per heavy atom. The summed E-state index contributed by atoms with van der Waals surface area (Å²) in [7, 11) is 0. The molecule has 0 unspecified atom stereocenters. The van der Waals surface area contributed by atoms with Gasteiger partial charge in [0.05, 0.1) is 12.8 Å². The van der Waals surface area contributed by atoms with E-state index in [1.165, 1.54) is 51.2 Å². The molecule has 0 saturated carbocycles. The number of carbonyl (C=O) groups is 1. The summed E-state index contributed by atoms with van der Waals surface area (Å²) in [6, 6.07) is 16.4. The molecule has 0 aliphatic heterocycles. The van der Waals surface area contributed by atoms with Crippen molar-refractivity contribution in [3.63, 3.8) is 0 Å². The van der Waals surface area contributed by atoms with E-state index in [4.69, 9.17) is 20.8 Å². The van der Waals surface area contributed by atoms with Crippen LogP contribution in [0.15, 0.2) is 64.1 Å². The number of unbranched alkanes of at least 4 members (excludes halogenated alkanes) is 7. The van der Waals surface area contributed by atoms with E-state index < -0.39 is 0 Å². The molecule has 1 heterocycles. The highest BCUT2D eigenvalue weighted by molar-refractivity contribution is 6.31. The summed E-state index contributed by atoms with van der Waals surface area (Å²) in [6.07, 6.45) is 11.5. The van der Waals surface area contributed by atoms with Gasteiger partial charge in [-0.1, -0.05) is 70.1 Å². The maximum absolute atomic E-state index is 12.3. The molecule has 0 spiro atoms. The normalized spacial score (nSPS) is 11.1. The number of ether oxygens (including phenoxy) is 1. The minimum atomic E-state index is -0.339. The Morgan fingerprint density at radius 3 is 2.38 bits per heavy atom. The lowest BCUT2D eigenvalue weighted by atomic mass is 10.1. The van der Waals surface area contributed by atoms with Crippen molar-refractivity contribution in [3.05, 3.63) is 71.1 Å². The number of oxazole rings is 1. The Balaban J connectivity index is 1.39. The first-order valence-corrected chi connectivity index (χ1v) is 12.3. The number of rotatable bonds is 14. The standard InChI is InChI=1S/C27H32ClN3O3/c1-2-3-4-5-6-7-8-12-19-33-23-17-15-21(16-18-23)26(32)31-29-20-24-25(28)34-27(30-24)22-13-10-9-11-14-22/h9-11,13-18,20H,2-8,12,19H2,1H3,(H,31,32)/b29-20-. The predicted molar refractivity (Wildman–Crippen MR) is 137 cm³/mol. The number of aromatic nitrogens is 1. The molecule has 34 heavy (non-hydrogen) atoms. The van der Waals surface area contributed by atoms with Crippen molar-refractivity contribution in [2.24, 2.45) is 5.10 Å². The van der Waals surface area contributed by atoms with E-state index in [1.54, 1.807) is 24.3 Å². The Morgan fingerprint density at radius 1 is 1.00 bits per heavy atom. The number of nitrogens with zero attached hydrogens (tertiary/aromatic N) is 2. The lowest BCUT2D eigenvalue weighted by molar-refractivity contribution is 0.0955. The highest BCUT2D eigenvalue weighted by Gasteiger charge is 2.11. The van der Waals surface area contributed by atoms with Gasteiger partial charge in [0.1, 0.15) is 11.4 Å². The predicted octanol–water partition coefficient (Wildman–Crippen LogP) is 7.28. The van der Waals surface area contributed by atoms with Crippen molar-refractivity contribution in [3.8, 4) is 17.2 Å². The first-order chi connectivity index (χ1) is 16.7. The monoisotopic (exact) mass is 481 g/mol. The van der Waals surface area contributed by atoms with Gasteiger partial charge in [-0.2, -0.15) is 5.10 Å². The van der Waals surface area contributed by atoms with E-state index in [0.29, 0.717) is 23.8 Å². The van der Waals surface area contributed by atoms with Crippen molar-refractivity contribution in [2.75, 3.05) is 6.61 Å². The van der Waals surface area contributed by atoms with Gasteiger partial charge in [-0.3, -0.25) is 4.79 Å². The van der Waals surface area contributed by atoms with Gasteiger partial charge in [-0.05, 0) is 54.4 Å². The first-order valence-electron chi connectivity index (χ1n) is 12.0. The zero-order chi connectivity index (χ0) is 24.0. The second kappa shape index (κ2) is 14.2. The number of hydrogen-bond donors (Lipinski definition) is 1. The molecule has 3 rings (SSSR count). The number of carbonyl (C=O) groups excluding carboxylic acids is 1. The highest BCUT2D eigenvalue weighted by atomic mass is 35.5. The lowest BCUT2D eigenvalue weighted by Crippen LogP contribution is -2.17. The average molecular weight is 482 g/mol. The molecule has 1 N–H and O–H groups in total. The minimum Gasteiger partial charge on any atom is -0.494 e. The summed E-state index contributed by atoms with van der Waals surface area (Å²) in [5, 5.41) is 4.05. The largest absolute Gasteiger partial charge is 0.494 e. The molecular weight excluding hydrogens is 450 g/mol. The van der Waals surface area contributed by atoms with Crippen LogP contribution in [0.5, 0.6) is 5.75 Å². The molecule has 6 nitrogen and oxygen atoms in total. The molecule has 0 radical (unpaired) electrons. The van der Waals surface area contributed by atoms with E-state index >= 15 is 0 Å². The molecule has 0 saturated heterocycles. The van der Waals surface area contributed by atoms with Crippen LogP contribution in [0.3, 0.4) is 0 Å². The molecule has 2 aromatic carbocycles. The Bertz CT molecular complexity index is 1030. The number of benzene rings is 2. The van der Waals surface area contributed by atoms with Crippen LogP contribution in [0.25, 0.3) is 11.5 Å². The molecular formula is C27H32ClN3O3.